The lowest BCUT2D eigenvalue weighted by atomic mass is 9.99. The van der Waals surface area contributed by atoms with Crippen LogP contribution >= 0.6 is 0 Å². The van der Waals surface area contributed by atoms with Crippen LogP contribution in [0.15, 0.2) is 0 Å². The van der Waals surface area contributed by atoms with Crippen LogP contribution in [0.4, 0.5) is 0 Å². The molecule has 25 heavy (non-hydrogen) atoms. The van der Waals surface area contributed by atoms with E-state index >= 15 is 0 Å². The van der Waals surface area contributed by atoms with Crippen molar-refractivity contribution in [2.45, 2.75) is 77.8 Å². The number of amides is 3. The van der Waals surface area contributed by atoms with Crippen LogP contribution in [0, 0.1) is 11.8 Å². The van der Waals surface area contributed by atoms with Crippen LogP contribution in [-0.4, -0.2) is 47.8 Å². The van der Waals surface area contributed by atoms with Crippen LogP contribution in [0.5, 0.6) is 0 Å². The Balaban J connectivity index is 1.70. The van der Waals surface area contributed by atoms with Gasteiger partial charge in [-0.25, -0.2) is 0 Å². The van der Waals surface area contributed by atoms with Gasteiger partial charge in [-0.2, -0.15) is 0 Å². The summed E-state index contributed by atoms with van der Waals surface area (Å²) in [4.78, 5) is 37.9. The summed E-state index contributed by atoms with van der Waals surface area (Å²) >= 11 is 0. The molecule has 0 radical (unpaired) electrons. The van der Waals surface area contributed by atoms with Crippen molar-refractivity contribution in [3.8, 4) is 0 Å². The zero-order valence-corrected chi connectivity index (χ0v) is 15.8. The lowest BCUT2D eigenvalue weighted by Crippen LogP contribution is -2.49. The molecular formula is C19H33N3O3. The predicted molar refractivity (Wildman–Crippen MR) is 96.8 cm³/mol. The molecule has 6 heteroatoms. The molecule has 0 bridgehead atoms. The molecule has 3 amide bonds. The van der Waals surface area contributed by atoms with Gasteiger partial charge in [0, 0.05) is 32.0 Å². The Morgan fingerprint density at radius 1 is 1.28 bits per heavy atom. The number of unbranched alkanes of at least 4 members (excludes halogenated alkanes) is 2. The summed E-state index contributed by atoms with van der Waals surface area (Å²) in [7, 11) is 0. The minimum atomic E-state index is -0.314. The van der Waals surface area contributed by atoms with Gasteiger partial charge >= 0.3 is 0 Å². The van der Waals surface area contributed by atoms with Crippen molar-refractivity contribution in [2.75, 3.05) is 13.1 Å². The highest BCUT2D eigenvalue weighted by atomic mass is 16.2. The van der Waals surface area contributed by atoms with Crippen molar-refractivity contribution in [1.29, 1.82) is 0 Å². The Kier molecular flexibility index (Phi) is 7.26. The topological polar surface area (TPSA) is 78.5 Å². The second-order valence-corrected chi connectivity index (χ2v) is 7.93. The summed E-state index contributed by atoms with van der Waals surface area (Å²) in [6, 6.07) is -0.223. The van der Waals surface area contributed by atoms with Crippen molar-refractivity contribution in [3.63, 3.8) is 0 Å². The molecule has 2 unspecified atom stereocenters. The highest BCUT2D eigenvalue weighted by Crippen LogP contribution is 2.26. The van der Waals surface area contributed by atoms with E-state index in [0.29, 0.717) is 25.3 Å². The molecule has 0 aliphatic carbocycles. The van der Waals surface area contributed by atoms with Crippen molar-refractivity contribution in [3.05, 3.63) is 0 Å². The molecule has 0 saturated carbocycles. The summed E-state index contributed by atoms with van der Waals surface area (Å²) in [6.45, 7) is 7.42. The third-order valence-electron chi connectivity index (χ3n) is 5.29. The average Bonchev–Trinajstić information content (AvgIpc) is 3.12. The summed E-state index contributed by atoms with van der Waals surface area (Å²) in [6.07, 6.45) is 6.02. The van der Waals surface area contributed by atoms with Gasteiger partial charge in [-0.3, -0.25) is 14.4 Å². The smallest absolute Gasteiger partial charge is 0.243 e. The van der Waals surface area contributed by atoms with E-state index in [4.69, 9.17) is 0 Å². The number of carbonyl (C=O) groups is 3. The first-order valence-electron chi connectivity index (χ1n) is 9.75. The Hall–Kier alpha value is -1.59. The molecule has 3 atom stereocenters. The van der Waals surface area contributed by atoms with Gasteiger partial charge in [0.15, 0.2) is 0 Å². The van der Waals surface area contributed by atoms with Gasteiger partial charge in [-0.15, -0.1) is 0 Å². The summed E-state index contributed by atoms with van der Waals surface area (Å²) in [5.74, 6) is 0.925. The van der Waals surface area contributed by atoms with Crippen LogP contribution in [-0.2, 0) is 14.4 Å². The summed E-state index contributed by atoms with van der Waals surface area (Å²) in [5.41, 5.74) is 0. The van der Waals surface area contributed by atoms with Gasteiger partial charge in [0.25, 0.3) is 0 Å². The summed E-state index contributed by atoms with van der Waals surface area (Å²) < 4.78 is 0. The van der Waals surface area contributed by atoms with Gasteiger partial charge < -0.3 is 15.5 Å². The van der Waals surface area contributed by atoms with Crippen LogP contribution in [0.25, 0.3) is 0 Å². The van der Waals surface area contributed by atoms with E-state index in [2.05, 4.69) is 17.6 Å². The average molecular weight is 351 g/mol. The maximum atomic E-state index is 12.5. The lowest BCUT2D eigenvalue weighted by Gasteiger charge is -2.27. The summed E-state index contributed by atoms with van der Waals surface area (Å²) in [5, 5.41) is 5.81. The standard InChI is InChI=1S/C19H33N3O3/c1-13(2)21-19(25)18-14(3)9-10-22(18)17(24)8-6-4-5-7-15-11-16(23)20-12-15/h13-15,18H,4-12H2,1-3H3,(H,20,23)(H,21,25)/t14?,15-,18?/m1/s1. The maximum Gasteiger partial charge on any atom is 0.243 e. The van der Waals surface area contributed by atoms with E-state index in [1.807, 2.05) is 13.8 Å². The molecule has 2 aliphatic heterocycles. The molecule has 2 N–H and O–H groups in total. The Morgan fingerprint density at radius 3 is 2.68 bits per heavy atom. The number of carbonyl (C=O) groups excluding carboxylic acids is 3. The fraction of sp³-hybridized carbons (Fsp3) is 0.842. The number of hydrogen-bond acceptors (Lipinski definition) is 3. The molecule has 2 fully saturated rings. The van der Waals surface area contributed by atoms with Crippen molar-refractivity contribution in [2.24, 2.45) is 11.8 Å². The van der Waals surface area contributed by atoms with E-state index in [1.165, 1.54) is 0 Å². The zero-order chi connectivity index (χ0) is 18.4. The minimum Gasteiger partial charge on any atom is -0.356 e. The van der Waals surface area contributed by atoms with Crippen LogP contribution in [0.3, 0.4) is 0 Å². The van der Waals surface area contributed by atoms with Crippen molar-refractivity contribution < 1.29 is 14.4 Å². The SMILES string of the molecule is CC(C)NC(=O)C1C(C)CCN1C(=O)CCCCC[C@H]1CNC(=O)C1. The van der Waals surface area contributed by atoms with Crippen LogP contribution in [0.1, 0.15) is 65.7 Å². The molecule has 0 aromatic rings. The van der Waals surface area contributed by atoms with Gasteiger partial charge in [0.2, 0.25) is 17.7 Å². The molecule has 0 aromatic heterocycles. The van der Waals surface area contributed by atoms with E-state index in [-0.39, 0.29) is 35.7 Å². The number of nitrogens with one attached hydrogen (secondary N) is 2. The van der Waals surface area contributed by atoms with E-state index in [0.717, 1.165) is 38.6 Å². The number of hydrogen-bond donors (Lipinski definition) is 2. The van der Waals surface area contributed by atoms with E-state index in [1.54, 1.807) is 4.90 Å². The lowest BCUT2D eigenvalue weighted by molar-refractivity contribution is -0.139. The highest BCUT2D eigenvalue weighted by molar-refractivity contribution is 5.88. The third-order valence-corrected chi connectivity index (χ3v) is 5.29. The Bertz CT molecular complexity index is 492. The predicted octanol–water partition coefficient (Wildman–Crippen LogP) is 1.83. The second kappa shape index (κ2) is 9.20. The third kappa shape index (κ3) is 5.72. The zero-order valence-electron chi connectivity index (χ0n) is 15.8. The molecule has 2 saturated heterocycles. The number of nitrogens with zero attached hydrogens (tertiary/aromatic N) is 1. The molecule has 6 nitrogen and oxygen atoms in total. The minimum absolute atomic E-state index is 0.0215. The first-order chi connectivity index (χ1) is 11.9. The molecule has 0 spiro atoms. The molecule has 2 aliphatic rings. The normalized spacial score (nSPS) is 26.2. The van der Waals surface area contributed by atoms with Gasteiger partial charge in [0.05, 0.1) is 0 Å². The van der Waals surface area contributed by atoms with Gasteiger partial charge in [-0.05, 0) is 44.9 Å². The fourth-order valence-corrected chi connectivity index (χ4v) is 3.89. The second-order valence-electron chi connectivity index (χ2n) is 7.93. The first kappa shape index (κ1) is 19.7. The van der Waals surface area contributed by atoms with E-state index in [9.17, 15) is 14.4 Å². The quantitative estimate of drug-likeness (QED) is 0.655. The molecule has 142 valence electrons. The number of rotatable bonds is 8. The molecule has 2 rings (SSSR count). The van der Waals surface area contributed by atoms with Gasteiger partial charge in [0.1, 0.15) is 6.04 Å². The molecule has 0 aromatic carbocycles. The number of likely N-dealkylation sites (tertiary alicyclic amines) is 1. The monoisotopic (exact) mass is 351 g/mol. The Labute approximate surface area is 151 Å². The first-order valence-corrected chi connectivity index (χ1v) is 9.75. The fourth-order valence-electron chi connectivity index (χ4n) is 3.89. The maximum absolute atomic E-state index is 12.5. The molecular weight excluding hydrogens is 318 g/mol. The van der Waals surface area contributed by atoms with Crippen LogP contribution < -0.4 is 10.6 Å². The Morgan fingerprint density at radius 2 is 2.04 bits per heavy atom. The largest absolute Gasteiger partial charge is 0.356 e. The van der Waals surface area contributed by atoms with Crippen molar-refractivity contribution in [1.82, 2.24) is 15.5 Å². The van der Waals surface area contributed by atoms with Gasteiger partial charge in [-0.1, -0.05) is 19.8 Å². The molecule has 2 heterocycles. The van der Waals surface area contributed by atoms with Crippen molar-refractivity contribution >= 4 is 17.7 Å². The van der Waals surface area contributed by atoms with Crippen LogP contribution in [0.2, 0.25) is 0 Å². The van der Waals surface area contributed by atoms with E-state index < -0.39 is 0 Å². The highest BCUT2D eigenvalue weighted by Gasteiger charge is 2.39.